The Labute approximate surface area is 149 Å². The zero-order chi connectivity index (χ0) is 15.7. The number of nitrogens with zero attached hydrogens (tertiary/aromatic N) is 3. The second-order valence-electron chi connectivity index (χ2n) is 5.36. The summed E-state index contributed by atoms with van der Waals surface area (Å²) < 4.78 is 0. The number of hydrogen-bond donors (Lipinski definition) is 2. The third-order valence-corrected chi connectivity index (χ3v) is 2.93. The molecule has 0 aromatic carbocycles. The lowest BCUT2D eigenvalue weighted by Crippen LogP contribution is -2.36. The quantitative estimate of drug-likeness (QED) is 0.396. The minimum absolute atomic E-state index is 0. The Bertz CT molecular complexity index is 464. The summed E-state index contributed by atoms with van der Waals surface area (Å²) in [5.41, 5.74) is 6.66. The van der Waals surface area contributed by atoms with Gasteiger partial charge in [-0.2, -0.15) is 0 Å². The van der Waals surface area contributed by atoms with Crippen LogP contribution in [0.25, 0.3) is 0 Å². The molecule has 0 spiro atoms. The van der Waals surface area contributed by atoms with Gasteiger partial charge in [-0.05, 0) is 18.1 Å². The summed E-state index contributed by atoms with van der Waals surface area (Å²) in [7, 11) is 1.76. The van der Waals surface area contributed by atoms with Crippen molar-refractivity contribution < 1.29 is 4.79 Å². The van der Waals surface area contributed by atoms with Gasteiger partial charge in [0.2, 0.25) is 5.91 Å². The van der Waals surface area contributed by atoms with Crippen molar-refractivity contribution in [2.45, 2.75) is 20.3 Å². The monoisotopic (exact) mass is 419 g/mol. The lowest BCUT2D eigenvalue weighted by Gasteiger charge is -2.16. The summed E-state index contributed by atoms with van der Waals surface area (Å²) in [6.45, 7) is 5.59. The van der Waals surface area contributed by atoms with Gasteiger partial charge in [-0.25, -0.2) is 4.99 Å². The molecule has 124 valence electrons. The van der Waals surface area contributed by atoms with Crippen LogP contribution >= 0.6 is 24.0 Å². The minimum atomic E-state index is -0.0553. The van der Waals surface area contributed by atoms with Crippen molar-refractivity contribution in [2.24, 2.45) is 16.6 Å². The summed E-state index contributed by atoms with van der Waals surface area (Å²) in [5, 5.41) is 2.98. The number of pyridine rings is 1. The van der Waals surface area contributed by atoms with Gasteiger partial charge in [-0.3, -0.25) is 9.78 Å². The average molecular weight is 419 g/mol. The van der Waals surface area contributed by atoms with E-state index in [1.807, 2.05) is 18.2 Å². The predicted octanol–water partition coefficient (Wildman–Crippen LogP) is 1.26. The molecule has 1 aromatic rings. The van der Waals surface area contributed by atoms with Crippen molar-refractivity contribution in [3.8, 4) is 0 Å². The molecule has 0 saturated carbocycles. The number of carbonyl (C=O) groups is 1. The van der Waals surface area contributed by atoms with Crippen LogP contribution in [0.4, 0.5) is 0 Å². The van der Waals surface area contributed by atoms with Gasteiger partial charge in [0, 0.05) is 38.4 Å². The predicted molar refractivity (Wildman–Crippen MR) is 100 cm³/mol. The third kappa shape index (κ3) is 8.81. The number of hydrogen-bond acceptors (Lipinski definition) is 3. The second kappa shape index (κ2) is 11.2. The van der Waals surface area contributed by atoms with Crippen molar-refractivity contribution in [3.63, 3.8) is 0 Å². The Kier molecular flexibility index (Phi) is 10.5. The smallest absolute Gasteiger partial charge is 0.244 e. The fraction of sp³-hybridized carbons (Fsp3) is 0.533. The number of rotatable bonds is 7. The molecular formula is C15H26IN5O. The molecule has 0 unspecified atom stereocenters. The van der Waals surface area contributed by atoms with Gasteiger partial charge in [0.05, 0.1) is 0 Å². The number of nitrogens with two attached hydrogens (primary N) is 1. The molecule has 6 nitrogen and oxygen atoms in total. The zero-order valence-electron chi connectivity index (χ0n) is 13.5. The Morgan fingerprint density at radius 1 is 1.45 bits per heavy atom. The second-order valence-corrected chi connectivity index (χ2v) is 5.36. The Morgan fingerprint density at radius 3 is 2.77 bits per heavy atom. The molecule has 0 bridgehead atoms. The molecular weight excluding hydrogens is 393 g/mol. The summed E-state index contributed by atoms with van der Waals surface area (Å²) in [6.07, 6.45) is 2.48. The molecule has 1 rings (SSSR count). The molecule has 0 atom stereocenters. The number of aromatic nitrogens is 1. The first-order valence-electron chi connectivity index (χ1n) is 7.16. The third-order valence-electron chi connectivity index (χ3n) is 2.93. The van der Waals surface area contributed by atoms with Crippen LogP contribution in [0, 0.1) is 5.92 Å². The summed E-state index contributed by atoms with van der Waals surface area (Å²) in [4.78, 5) is 21.8. The van der Waals surface area contributed by atoms with Crippen LogP contribution in [0.5, 0.6) is 0 Å². The molecule has 0 aliphatic carbocycles. The summed E-state index contributed by atoms with van der Waals surface area (Å²) in [5.74, 6) is 0.742. The van der Waals surface area contributed by atoms with Gasteiger partial charge < -0.3 is 16.0 Å². The first kappa shape index (κ1) is 20.6. The molecule has 1 amide bonds. The molecule has 0 saturated heterocycles. The van der Waals surface area contributed by atoms with Crippen LogP contribution in [0.1, 0.15) is 19.5 Å². The van der Waals surface area contributed by atoms with E-state index in [0.717, 1.165) is 18.7 Å². The maximum Gasteiger partial charge on any atom is 0.244 e. The lowest BCUT2D eigenvalue weighted by molar-refractivity contribution is -0.128. The van der Waals surface area contributed by atoms with Crippen LogP contribution < -0.4 is 11.1 Å². The molecule has 3 N–H and O–H groups in total. The molecule has 0 fully saturated rings. The largest absolute Gasteiger partial charge is 0.370 e. The number of likely N-dealkylation sites (N-methyl/N-ethyl adjacent to an activating group) is 1. The van der Waals surface area contributed by atoms with Gasteiger partial charge in [0.15, 0.2) is 5.96 Å². The average Bonchev–Trinajstić information content (AvgIpc) is 2.49. The number of aliphatic imine (C=N–C) groups is 1. The highest BCUT2D eigenvalue weighted by molar-refractivity contribution is 14.0. The SMILES string of the molecule is CC(C)CNC(N)=NCC(=O)N(C)CCc1ccccn1.I. The Morgan fingerprint density at radius 2 is 2.18 bits per heavy atom. The topological polar surface area (TPSA) is 83.6 Å². The van der Waals surface area contributed by atoms with Gasteiger partial charge >= 0.3 is 0 Å². The van der Waals surface area contributed by atoms with Crippen molar-refractivity contribution >= 4 is 35.8 Å². The first-order chi connectivity index (χ1) is 9.99. The zero-order valence-corrected chi connectivity index (χ0v) is 15.8. The van der Waals surface area contributed by atoms with Gasteiger partial charge in [-0.15, -0.1) is 24.0 Å². The maximum absolute atomic E-state index is 11.9. The molecule has 7 heteroatoms. The Balaban J connectivity index is 0.00000441. The molecule has 0 radical (unpaired) electrons. The highest BCUT2D eigenvalue weighted by Crippen LogP contribution is 1.97. The van der Waals surface area contributed by atoms with Crippen LogP contribution in [-0.4, -0.2) is 48.4 Å². The van der Waals surface area contributed by atoms with Crippen LogP contribution in [0.2, 0.25) is 0 Å². The van der Waals surface area contributed by atoms with Gasteiger partial charge in [-0.1, -0.05) is 19.9 Å². The van der Waals surface area contributed by atoms with Crippen LogP contribution in [0.3, 0.4) is 0 Å². The fourth-order valence-corrected chi connectivity index (χ4v) is 1.59. The van der Waals surface area contributed by atoms with E-state index in [1.54, 1.807) is 18.1 Å². The standard InChI is InChI=1S/C15H25N5O.HI/c1-12(2)10-18-15(16)19-11-14(21)20(3)9-7-13-6-4-5-8-17-13;/h4-6,8,12H,7,9-11H2,1-3H3,(H3,16,18,19);1H. The number of carbonyl (C=O) groups excluding carboxylic acids is 1. The highest BCUT2D eigenvalue weighted by Gasteiger charge is 2.08. The van der Waals surface area contributed by atoms with Crippen LogP contribution in [0.15, 0.2) is 29.4 Å². The van der Waals surface area contributed by atoms with E-state index in [9.17, 15) is 4.79 Å². The molecule has 0 aliphatic heterocycles. The van der Waals surface area contributed by atoms with E-state index in [4.69, 9.17) is 5.73 Å². The van der Waals surface area contributed by atoms with Crippen molar-refractivity contribution in [2.75, 3.05) is 26.7 Å². The Hall–Kier alpha value is -1.38. The minimum Gasteiger partial charge on any atom is -0.370 e. The first-order valence-corrected chi connectivity index (χ1v) is 7.16. The summed E-state index contributed by atoms with van der Waals surface area (Å²) in [6, 6.07) is 5.76. The number of guanidine groups is 1. The lowest BCUT2D eigenvalue weighted by atomic mass is 10.2. The molecule has 22 heavy (non-hydrogen) atoms. The van der Waals surface area contributed by atoms with E-state index in [2.05, 4.69) is 29.1 Å². The van der Waals surface area contributed by atoms with Crippen molar-refractivity contribution in [3.05, 3.63) is 30.1 Å². The normalized spacial score (nSPS) is 11.0. The van der Waals surface area contributed by atoms with Gasteiger partial charge in [0.25, 0.3) is 0 Å². The van der Waals surface area contributed by atoms with E-state index < -0.39 is 0 Å². The van der Waals surface area contributed by atoms with Gasteiger partial charge in [0.1, 0.15) is 6.54 Å². The van der Waals surface area contributed by atoms with Crippen molar-refractivity contribution in [1.29, 1.82) is 0 Å². The number of halogens is 1. The van der Waals surface area contributed by atoms with E-state index >= 15 is 0 Å². The highest BCUT2D eigenvalue weighted by atomic mass is 127. The molecule has 1 heterocycles. The van der Waals surface area contributed by atoms with E-state index in [1.165, 1.54) is 0 Å². The van der Waals surface area contributed by atoms with E-state index in [-0.39, 0.29) is 36.4 Å². The fourth-order valence-electron chi connectivity index (χ4n) is 1.59. The van der Waals surface area contributed by atoms with Crippen LogP contribution in [-0.2, 0) is 11.2 Å². The maximum atomic E-state index is 11.9. The number of amides is 1. The number of nitrogens with one attached hydrogen (secondary N) is 1. The molecule has 1 aromatic heterocycles. The molecule has 0 aliphatic rings. The van der Waals surface area contributed by atoms with E-state index in [0.29, 0.717) is 18.4 Å². The summed E-state index contributed by atoms with van der Waals surface area (Å²) >= 11 is 0. The van der Waals surface area contributed by atoms with Crippen molar-refractivity contribution in [1.82, 2.24) is 15.2 Å².